The van der Waals surface area contributed by atoms with Gasteiger partial charge in [0.15, 0.2) is 0 Å². The van der Waals surface area contributed by atoms with E-state index in [1.54, 1.807) is 0 Å². The number of nitrogens with zero attached hydrogens (tertiary/aromatic N) is 1. The van der Waals surface area contributed by atoms with Gasteiger partial charge in [-0.1, -0.05) is 4.52 Å². The highest BCUT2D eigenvalue weighted by Gasteiger charge is 2.03. The lowest BCUT2D eigenvalue weighted by Gasteiger charge is -2.01. The van der Waals surface area contributed by atoms with Crippen LogP contribution in [0.5, 0.6) is 0 Å². The Labute approximate surface area is 41.0 Å². The highest BCUT2D eigenvalue weighted by atomic mass is 32.2. The molecule has 0 aromatic heterocycles. The first-order chi connectivity index (χ1) is 2.94. The van der Waals surface area contributed by atoms with Gasteiger partial charge in [0.25, 0.3) is 0 Å². The molecule has 44 valence electrons. The molecule has 0 radical (unpaired) electrons. The van der Waals surface area contributed by atoms with Crippen LogP contribution < -0.4 is 16.8 Å². The molecule has 0 saturated heterocycles. The molecule has 7 heteroatoms. The fraction of sp³-hybridized carbons (Fsp3) is 0. The van der Waals surface area contributed by atoms with Crippen LogP contribution in [0.3, 0.4) is 0 Å². The van der Waals surface area contributed by atoms with E-state index in [9.17, 15) is 8.42 Å². The number of hydrazine groups is 2. The Morgan fingerprint density at radius 2 is 1.43 bits per heavy atom. The van der Waals surface area contributed by atoms with Gasteiger partial charge in [-0.15, -0.1) is 0 Å². The lowest BCUT2D eigenvalue weighted by molar-refractivity contribution is 0.444. The molecule has 0 bridgehead atoms. The third kappa shape index (κ3) is 2.48. The molecule has 0 spiro atoms. The predicted molar refractivity (Wildman–Crippen MR) is 23.3 cm³/mol. The van der Waals surface area contributed by atoms with Gasteiger partial charge in [-0.2, -0.15) is 8.42 Å². The van der Waals surface area contributed by atoms with Crippen molar-refractivity contribution in [1.82, 2.24) is 4.52 Å². The van der Waals surface area contributed by atoms with E-state index >= 15 is 0 Å². The van der Waals surface area contributed by atoms with Gasteiger partial charge in [-0.05, 0) is 0 Å². The maximum Gasteiger partial charge on any atom is 0.302 e. The van der Waals surface area contributed by atoms with Crippen LogP contribution in [0.4, 0.5) is 0 Å². The first-order valence-corrected chi connectivity index (χ1v) is 2.77. The van der Waals surface area contributed by atoms with Crippen LogP contribution in [0.1, 0.15) is 0 Å². The standard InChI is InChI=1S/H6N4O2S/c1-4(2)7(3,5)6/h1-2H2,(H2,3,5,6). The molecule has 0 fully saturated rings. The molecule has 0 aromatic carbocycles. The van der Waals surface area contributed by atoms with Crippen molar-refractivity contribution in [2.24, 2.45) is 16.8 Å². The van der Waals surface area contributed by atoms with Crippen molar-refractivity contribution in [3.05, 3.63) is 0 Å². The Morgan fingerprint density at radius 3 is 1.43 bits per heavy atom. The van der Waals surface area contributed by atoms with Gasteiger partial charge in [-0.3, -0.25) is 0 Å². The normalized spacial score (nSPS) is 12.6. The number of hydrogen-bond acceptors (Lipinski definition) is 4. The summed E-state index contributed by atoms with van der Waals surface area (Å²) in [6.07, 6.45) is 0. The van der Waals surface area contributed by atoms with E-state index in [-0.39, 0.29) is 4.52 Å². The topological polar surface area (TPSA) is 115 Å². The van der Waals surface area contributed by atoms with Gasteiger partial charge in [-0.25, -0.2) is 16.8 Å². The maximum atomic E-state index is 9.78. The molecule has 0 aromatic rings. The first-order valence-electron chi connectivity index (χ1n) is 1.27. The summed E-state index contributed by atoms with van der Waals surface area (Å²) >= 11 is 0. The smallest absolute Gasteiger partial charge is 0.240 e. The summed E-state index contributed by atoms with van der Waals surface area (Å²) in [6.45, 7) is 0. The molecule has 0 atom stereocenters. The second-order valence-electron chi connectivity index (χ2n) is 0.875. The van der Waals surface area contributed by atoms with Gasteiger partial charge < -0.3 is 0 Å². The molecule has 0 amide bonds. The van der Waals surface area contributed by atoms with Crippen molar-refractivity contribution in [2.45, 2.75) is 0 Å². The van der Waals surface area contributed by atoms with Crippen molar-refractivity contribution in [3.63, 3.8) is 0 Å². The van der Waals surface area contributed by atoms with Crippen LogP contribution in [-0.2, 0) is 10.2 Å². The Balaban J connectivity index is 4.10. The van der Waals surface area contributed by atoms with E-state index < -0.39 is 10.2 Å². The van der Waals surface area contributed by atoms with E-state index in [2.05, 4.69) is 16.8 Å². The second-order valence-corrected chi connectivity index (χ2v) is 2.33. The van der Waals surface area contributed by atoms with Gasteiger partial charge in [0, 0.05) is 0 Å². The average molecular weight is 126 g/mol. The number of hydrogen-bond donors (Lipinski definition) is 3. The molecule has 0 unspecified atom stereocenters. The molecular weight excluding hydrogens is 120 g/mol. The fourth-order valence-electron chi connectivity index (χ4n) is 0. The van der Waals surface area contributed by atoms with Crippen LogP contribution in [0.25, 0.3) is 0 Å². The maximum absolute atomic E-state index is 9.78. The minimum atomic E-state index is -3.85. The zero-order chi connectivity index (χ0) is 6.08. The van der Waals surface area contributed by atoms with Crippen molar-refractivity contribution < 1.29 is 8.42 Å². The molecular formula is H6N4O2S. The molecule has 7 heavy (non-hydrogen) atoms. The first kappa shape index (κ1) is 6.79. The van der Waals surface area contributed by atoms with Crippen molar-refractivity contribution >= 4 is 10.2 Å². The quantitative estimate of drug-likeness (QED) is 0.260. The van der Waals surface area contributed by atoms with Gasteiger partial charge in [0.05, 0.1) is 0 Å². The third-order valence-electron chi connectivity index (χ3n) is 0.294. The van der Waals surface area contributed by atoms with Crippen LogP contribution in [-0.4, -0.2) is 12.9 Å². The summed E-state index contributed by atoms with van der Waals surface area (Å²) in [5.74, 6) is 8.94. The number of nitrogens with two attached hydrogens (primary N) is 3. The van der Waals surface area contributed by atoms with Crippen LogP contribution in [0.2, 0.25) is 0 Å². The highest BCUT2D eigenvalue weighted by Crippen LogP contribution is 1.67. The lowest BCUT2D eigenvalue weighted by Crippen LogP contribution is -2.47. The zero-order valence-corrected chi connectivity index (χ0v) is 4.22. The minimum absolute atomic E-state index is 0.0625. The van der Waals surface area contributed by atoms with E-state index in [0.717, 1.165) is 0 Å². The average Bonchev–Trinajstić information content (AvgIpc) is 1.31. The summed E-state index contributed by atoms with van der Waals surface area (Å²) < 4.78 is 19.5. The van der Waals surface area contributed by atoms with Gasteiger partial charge in [0.1, 0.15) is 0 Å². The molecule has 0 aliphatic carbocycles. The predicted octanol–water partition coefficient (Wildman–Crippen LogP) is -2.76. The van der Waals surface area contributed by atoms with Crippen molar-refractivity contribution in [2.75, 3.05) is 0 Å². The lowest BCUT2D eigenvalue weighted by atomic mass is 12.6. The monoisotopic (exact) mass is 126 g/mol. The van der Waals surface area contributed by atoms with Crippen LogP contribution in [0, 0.1) is 0 Å². The summed E-state index contributed by atoms with van der Waals surface area (Å²) in [6, 6.07) is 0. The van der Waals surface area contributed by atoms with E-state index in [1.165, 1.54) is 0 Å². The fourth-order valence-corrected chi connectivity index (χ4v) is 0. The molecule has 0 aliphatic heterocycles. The Hall–Kier alpha value is -0.210. The Kier molecular flexibility index (Phi) is 1.67. The molecule has 0 aliphatic rings. The second kappa shape index (κ2) is 1.72. The largest absolute Gasteiger partial charge is 0.302 e. The van der Waals surface area contributed by atoms with Crippen molar-refractivity contribution in [3.8, 4) is 0 Å². The summed E-state index contributed by atoms with van der Waals surface area (Å²) in [7, 11) is -3.85. The Morgan fingerprint density at radius 1 is 1.29 bits per heavy atom. The zero-order valence-electron chi connectivity index (χ0n) is 3.40. The minimum Gasteiger partial charge on any atom is -0.240 e. The van der Waals surface area contributed by atoms with Crippen LogP contribution in [0.15, 0.2) is 0 Å². The van der Waals surface area contributed by atoms with Gasteiger partial charge in [0.2, 0.25) is 0 Å². The highest BCUT2D eigenvalue weighted by molar-refractivity contribution is 7.86. The van der Waals surface area contributed by atoms with E-state index in [4.69, 9.17) is 0 Å². The van der Waals surface area contributed by atoms with Crippen LogP contribution >= 0.6 is 0 Å². The summed E-state index contributed by atoms with van der Waals surface area (Å²) in [5.41, 5.74) is 0. The third-order valence-corrected chi connectivity index (χ3v) is 0.882. The summed E-state index contributed by atoms with van der Waals surface area (Å²) in [4.78, 5) is 0. The number of rotatable bonds is 1. The molecule has 0 heterocycles. The molecule has 6 nitrogen and oxygen atoms in total. The van der Waals surface area contributed by atoms with E-state index in [0.29, 0.717) is 0 Å². The molecule has 0 saturated carbocycles. The SMILES string of the molecule is NN(N)S(N)(=O)=O. The molecule has 6 N–H and O–H groups in total. The van der Waals surface area contributed by atoms with Gasteiger partial charge >= 0.3 is 10.2 Å². The van der Waals surface area contributed by atoms with E-state index in [1.807, 2.05) is 0 Å². The van der Waals surface area contributed by atoms with Crippen molar-refractivity contribution in [1.29, 1.82) is 0 Å². The molecule has 0 rings (SSSR count). The summed E-state index contributed by atoms with van der Waals surface area (Å²) in [5, 5.41) is 4.33. The Bertz CT molecular complexity index is 132.